The molecule has 0 N–H and O–H groups in total. The van der Waals surface area contributed by atoms with Gasteiger partial charge < -0.3 is 18.9 Å². The Morgan fingerprint density at radius 3 is 2.50 bits per heavy atom. The third-order valence-corrected chi connectivity index (χ3v) is 7.68. The van der Waals surface area contributed by atoms with E-state index in [1.54, 1.807) is 0 Å². The van der Waals surface area contributed by atoms with Gasteiger partial charge in [0.1, 0.15) is 6.10 Å². The van der Waals surface area contributed by atoms with E-state index >= 15 is 0 Å². The minimum absolute atomic E-state index is 0.0230. The molecule has 3 aliphatic rings. The highest BCUT2D eigenvalue weighted by molar-refractivity contribution is 9.09. The van der Waals surface area contributed by atoms with E-state index in [2.05, 4.69) is 15.9 Å². The van der Waals surface area contributed by atoms with Gasteiger partial charge in [0.05, 0.1) is 41.5 Å². The normalized spacial score (nSPS) is 26.2. The van der Waals surface area contributed by atoms with Crippen LogP contribution in [0.1, 0.15) is 54.9 Å². The Balaban J connectivity index is 1.33. The van der Waals surface area contributed by atoms with Gasteiger partial charge in [-0.15, -0.1) is 0 Å². The van der Waals surface area contributed by atoms with Crippen molar-refractivity contribution in [1.82, 2.24) is 0 Å². The number of fused-ring (bicyclic) bond motifs is 4. The summed E-state index contributed by atoms with van der Waals surface area (Å²) in [5.74, 6) is -0.513. The highest BCUT2D eigenvalue weighted by Gasteiger charge is 2.46. The van der Waals surface area contributed by atoms with Crippen LogP contribution in [0.25, 0.3) is 0 Å². The minimum atomic E-state index is -0.513. The summed E-state index contributed by atoms with van der Waals surface area (Å²) >= 11 is 3.73. The maximum Gasteiger partial charge on any atom is 0.338 e. The quantitative estimate of drug-likeness (QED) is 0.116. The van der Waals surface area contributed by atoms with E-state index in [0.29, 0.717) is 26.1 Å². The zero-order valence-corrected chi connectivity index (χ0v) is 21.9. The Morgan fingerprint density at radius 1 is 1.11 bits per heavy atom. The summed E-state index contributed by atoms with van der Waals surface area (Å²) in [6.45, 7) is 3.17. The monoisotopic (exact) mass is 561 g/mol. The Bertz CT molecular complexity index is 997. The van der Waals surface area contributed by atoms with Crippen molar-refractivity contribution < 1.29 is 28.7 Å². The van der Waals surface area contributed by atoms with Crippen LogP contribution in [-0.2, 0) is 25.6 Å². The first-order valence-electron chi connectivity index (χ1n) is 12.5. The van der Waals surface area contributed by atoms with Crippen molar-refractivity contribution >= 4 is 27.6 Å². The molecule has 0 radical (unpaired) electrons. The molecule has 194 valence electrons. The van der Waals surface area contributed by atoms with E-state index in [-0.39, 0.29) is 40.5 Å². The first kappa shape index (κ1) is 26.7. The summed E-state index contributed by atoms with van der Waals surface area (Å²) in [6, 6.07) is 15.5. The summed E-state index contributed by atoms with van der Waals surface area (Å²) in [4.78, 5) is 23.3. The fourth-order valence-corrected chi connectivity index (χ4v) is 5.36. The van der Waals surface area contributed by atoms with Gasteiger partial charge in [-0.1, -0.05) is 53.2 Å². The first-order chi connectivity index (χ1) is 17.4. The molecule has 2 aromatic rings. The standard InChI is InChI=1S/C27H32BrNO7/c1-2-22(36-27(30)19-10-12-20(13-11-19)29(31)32)25-15-21(28)24-16-26(35-24)23(34-25)9-6-14-33-17-18-7-4-3-5-8-18/h3-5,7-8,10-13,21-26H,2,6,9,14-17H2,1H3/t21-,22-,23+,24-,25-,26+/m1/s1. The summed E-state index contributed by atoms with van der Waals surface area (Å²) in [5.41, 5.74) is 1.35. The van der Waals surface area contributed by atoms with Crippen LogP contribution >= 0.6 is 15.9 Å². The van der Waals surface area contributed by atoms with Gasteiger partial charge in [-0.2, -0.15) is 0 Å². The van der Waals surface area contributed by atoms with Gasteiger partial charge in [0, 0.05) is 30.0 Å². The summed E-state index contributed by atoms with van der Waals surface area (Å²) in [5, 5.41) is 10.9. The third-order valence-electron chi connectivity index (χ3n) is 6.72. The fourth-order valence-electron chi connectivity index (χ4n) is 4.65. The van der Waals surface area contributed by atoms with E-state index in [1.165, 1.54) is 24.3 Å². The van der Waals surface area contributed by atoms with Crippen LogP contribution in [0.3, 0.4) is 0 Å². The largest absolute Gasteiger partial charge is 0.456 e. The molecule has 0 aromatic heterocycles. The minimum Gasteiger partial charge on any atom is -0.456 e. The van der Waals surface area contributed by atoms with Gasteiger partial charge >= 0.3 is 5.97 Å². The van der Waals surface area contributed by atoms with Crippen molar-refractivity contribution in [2.75, 3.05) is 6.61 Å². The van der Waals surface area contributed by atoms with Crippen LogP contribution < -0.4 is 0 Å². The molecule has 3 fully saturated rings. The molecule has 36 heavy (non-hydrogen) atoms. The van der Waals surface area contributed by atoms with Gasteiger partial charge in [0.2, 0.25) is 0 Å². The average Bonchev–Trinajstić information content (AvgIpc) is 2.84. The lowest BCUT2D eigenvalue weighted by Crippen LogP contribution is -2.56. The molecule has 2 aromatic carbocycles. The number of benzene rings is 2. The van der Waals surface area contributed by atoms with Crippen molar-refractivity contribution in [3.8, 4) is 0 Å². The summed E-state index contributed by atoms with van der Waals surface area (Å²) < 4.78 is 24.3. The Hall–Kier alpha value is -2.33. The molecule has 9 heteroatoms. The topological polar surface area (TPSA) is 97.1 Å². The molecule has 3 aliphatic heterocycles. The van der Waals surface area contributed by atoms with E-state index in [0.717, 1.165) is 24.8 Å². The summed E-state index contributed by atoms with van der Waals surface area (Å²) in [7, 11) is 0. The number of hydrogen-bond acceptors (Lipinski definition) is 7. The van der Waals surface area contributed by atoms with Crippen LogP contribution in [0.15, 0.2) is 54.6 Å². The van der Waals surface area contributed by atoms with Crippen molar-refractivity contribution in [3.63, 3.8) is 0 Å². The second-order valence-corrected chi connectivity index (χ2v) is 10.4. The van der Waals surface area contributed by atoms with Crippen LogP contribution in [0.5, 0.6) is 0 Å². The van der Waals surface area contributed by atoms with Crippen molar-refractivity contribution in [1.29, 1.82) is 0 Å². The van der Waals surface area contributed by atoms with Crippen molar-refractivity contribution in [2.24, 2.45) is 0 Å². The zero-order valence-electron chi connectivity index (χ0n) is 20.3. The highest BCUT2D eigenvalue weighted by Crippen LogP contribution is 2.39. The lowest BCUT2D eigenvalue weighted by Gasteiger charge is -2.48. The number of ether oxygens (including phenoxy) is 4. The average molecular weight is 562 g/mol. The molecule has 0 saturated carbocycles. The number of esters is 1. The number of hydrogen-bond donors (Lipinski definition) is 0. The van der Waals surface area contributed by atoms with E-state index in [9.17, 15) is 14.9 Å². The summed E-state index contributed by atoms with van der Waals surface area (Å²) in [6.07, 6.45) is 3.14. The molecule has 3 saturated heterocycles. The number of nitro benzene ring substituents is 1. The molecule has 0 spiro atoms. The van der Waals surface area contributed by atoms with Gasteiger partial charge in [0.25, 0.3) is 5.69 Å². The van der Waals surface area contributed by atoms with Crippen LogP contribution in [0.2, 0.25) is 0 Å². The van der Waals surface area contributed by atoms with Gasteiger partial charge in [-0.05, 0) is 43.4 Å². The highest BCUT2D eigenvalue weighted by atomic mass is 79.9. The molecule has 2 bridgehead atoms. The predicted octanol–water partition coefficient (Wildman–Crippen LogP) is 5.61. The molecular formula is C27H32BrNO7. The smallest absolute Gasteiger partial charge is 0.338 e. The lowest BCUT2D eigenvalue weighted by atomic mass is 9.89. The predicted molar refractivity (Wildman–Crippen MR) is 137 cm³/mol. The van der Waals surface area contributed by atoms with Crippen LogP contribution in [-0.4, -0.2) is 52.8 Å². The molecule has 8 nitrogen and oxygen atoms in total. The van der Waals surface area contributed by atoms with Crippen LogP contribution in [0, 0.1) is 10.1 Å². The fraction of sp³-hybridized carbons (Fsp3) is 0.519. The second kappa shape index (κ2) is 12.8. The van der Waals surface area contributed by atoms with E-state index in [4.69, 9.17) is 18.9 Å². The number of carbonyl (C=O) groups is 1. The molecule has 0 aliphatic carbocycles. The molecule has 3 heterocycles. The van der Waals surface area contributed by atoms with Crippen molar-refractivity contribution in [3.05, 3.63) is 75.8 Å². The lowest BCUT2D eigenvalue weighted by molar-refractivity contribution is -0.384. The van der Waals surface area contributed by atoms with Gasteiger partial charge in [0.15, 0.2) is 0 Å². The number of carbonyl (C=O) groups excluding carboxylic acids is 1. The SMILES string of the molecule is CC[C@@H](OC(=O)c1ccc([N+](=O)[O-])cc1)[C@H]1C[C@@H](Br)[C@H]2C[C@H](O2)[C@H](CCCOCc2ccccc2)O1. The molecular weight excluding hydrogens is 530 g/mol. The van der Waals surface area contributed by atoms with Gasteiger partial charge in [-0.25, -0.2) is 4.79 Å². The zero-order chi connectivity index (χ0) is 25.5. The second-order valence-electron chi connectivity index (χ2n) is 9.25. The number of halogens is 1. The van der Waals surface area contributed by atoms with Crippen molar-refractivity contribution in [2.45, 2.75) is 81.0 Å². The number of alkyl halides is 1. The van der Waals surface area contributed by atoms with E-state index in [1.807, 2.05) is 37.3 Å². The third kappa shape index (κ3) is 6.91. The Labute approximate surface area is 219 Å². The molecule has 0 amide bonds. The molecule has 6 atom stereocenters. The molecule has 0 unspecified atom stereocenters. The number of nitrogens with zero attached hydrogens (tertiary/aromatic N) is 1. The maximum atomic E-state index is 12.8. The molecule has 5 rings (SSSR count). The van der Waals surface area contributed by atoms with Crippen LogP contribution in [0.4, 0.5) is 5.69 Å². The number of nitro groups is 1. The van der Waals surface area contributed by atoms with E-state index < -0.39 is 17.0 Å². The number of rotatable bonds is 11. The Morgan fingerprint density at radius 2 is 1.83 bits per heavy atom. The maximum absolute atomic E-state index is 12.8. The first-order valence-corrected chi connectivity index (χ1v) is 13.4. The number of non-ortho nitro benzene ring substituents is 1. The van der Waals surface area contributed by atoms with Gasteiger partial charge in [-0.3, -0.25) is 10.1 Å². The Kier molecular flexibility index (Phi) is 9.47.